The second-order valence-electron chi connectivity index (χ2n) is 7.83. The standard InChI is InChI=1S/C24H29ClN2O4/c1-4-16(2)26-24(29)17(3)27(14-19-6-5-7-20(25)12-19)23(28)11-9-18-8-10-21-22(13-18)31-15-30-21/h5-8,10,12-13,16-17H,4,9,11,14-15H2,1-3H3,(H,26,29)/t16-,17+/m0/s1. The lowest BCUT2D eigenvalue weighted by atomic mass is 10.1. The van der Waals surface area contributed by atoms with Crippen LogP contribution in [0.2, 0.25) is 5.02 Å². The number of nitrogens with one attached hydrogen (secondary N) is 1. The molecule has 1 aliphatic heterocycles. The molecule has 6 nitrogen and oxygen atoms in total. The summed E-state index contributed by atoms with van der Waals surface area (Å²) in [5, 5.41) is 3.57. The molecule has 1 heterocycles. The number of hydrogen-bond donors (Lipinski definition) is 1. The van der Waals surface area contributed by atoms with Crippen molar-refractivity contribution in [2.45, 2.75) is 58.7 Å². The van der Waals surface area contributed by atoms with E-state index in [4.69, 9.17) is 21.1 Å². The lowest BCUT2D eigenvalue weighted by Crippen LogP contribution is -2.49. The van der Waals surface area contributed by atoms with Crippen LogP contribution in [0.3, 0.4) is 0 Å². The largest absolute Gasteiger partial charge is 0.454 e. The molecular formula is C24H29ClN2O4. The summed E-state index contributed by atoms with van der Waals surface area (Å²) in [6.07, 6.45) is 1.65. The summed E-state index contributed by atoms with van der Waals surface area (Å²) < 4.78 is 10.8. The van der Waals surface area contributed by atoms with Crippen LogP contribution in [-0.4, -0.2) is 35.6 Å². The Labute approximate surface area is 188 Å². The van der Waals surface area contributed by atoms with Crippen molar-refractivity contribution in [3.05, 3.63) is 58.6 Å². The average Bonchev–Trinajstić information content (AvgIpc) is 3.23. The van der Waals surface area contributed by atoms with E-state index in [1.807, 2.05) is 50.2 Å². The van der Waals surface area contributed by atoms with Crippen LogP contribution in [0.1, 0.15) is 44.7 Å². The Morgan fingerprint density at radius 1 is 1.10 bits per heavy atom. The van der Waals surface area contributed by atoms with Crippen molar-refractivity contribution >= 4 is 23.4 Å². The highest BCUT2D eigenvalue weighted by Crippen LogP contribution is 2.32. The first-order valence-corrected chi connectivity index (χ1v) is 11.0. The van der Waals surface area contributed by atoms with Gasteiger partial charge in [-0.1, -0.05) is 36.7 Å². The maximum atomic E-state index is 13.2. The molecule has 1 aliphatic rings. The number of amides is 2. The Kier molecular flexibility index (Phi) is 7.80. The number of rotatable bonds is 9. The molecule has 0 unspecified atom stereocenters. The number of fused-ring (bicyclic) bond motifs is 1. The fourth-order valence-corrected chi connectivity index (χ4v) is 3.58. The van der Waals surface area contributed by atoms with E-state index in [-0.39, 0.29) is 31.1 Å². The van der Waals surface area contributed by atoms with Gasteiger partial charge in [0.25, 0.3) is 0 Å². The van der Waals surface area contributed by atoms with E-state index in [0.717, 1.165) is 17.5 Å². The first-order valence-electron chi connectivity index (χ1n) is 10.6. The molecule has 0 spiro atoms. The summed E-state index contributed by atoms with van der Waals surface area (Å²) in [6, 6.07) is 12.5. The normalized spacial score (nSPS) is 14.1. The molecule has 0 aliphatic carbocycles. The van der Waals surface area contributed by atoms with Crippen molar-refractivity contribution in [3.63, 3.8) is 0 Å². The van der Waals surface area contributed by atoms with Crippen LogP contribution in [-0.2, 0) is 22.6 Å². The fourth-order valence-electron chi connectivity index (χ4n) is 3.37. The molecule has 3 rings (SSSR count). The smallest absolute Gasteiger partial charge is 0.242 e. The highest BCUT2D eigenvalue weighted by atomic mass is 35.5. The predicted octanol–water partition coefficient (Wildman–Crippen LogP) is 4.33. The molecule has 0 aromatic heterocycles. The van der Waals surface area contributed by atoms with Gasteiger partial charge in [0.1, 0.15) is 6.04 Å². The third-order valence-electron chi connectivity index (χ3n) is 5.47. The van der Waals surface area contributed by atoms with E-state index >= 15 is 0 Å². The Morgan fingerprint density at radius 3 is 2.61 bits per heavy atom. The molecule has 2 aromatic carbocycles. The molecule has 0 bridgehead atoms. The van der Waals surface area contributed by atoms with Gasteiger partial charge in [0.2, 0.25) is 18.6 Å². The zero-order valence-corrected chi connectivity index (χ0v) is 18.9. The average molecular weight is 445 g/mol. The first kappa shape index (κ1) is 22.9. The zero-order valence-electron chi connectivity index (χ0n) is 18.2. The molecule has 2 aromatic rings. The Hall–Kier alpha value is -2.73. The number of aryl methyl sites for hydroxylation is 1. The fraction of sp³-hybridized carbons (Fsp3) is 0.417. The molecule has 31 heavy (non-hydrogen) atoms. The summed E-state index contributed by atoms with van der Waals surface area (Å²) in [5.74, 6) is 1.16. The van der Waals surface area contributed by atoms with Crippen LogP contribution in [0.4, 0.5) is 0 Å². The van der Waals surface area contributed by atoms with Gasteiger partial charge in [-0.3, -0.25) is 9.59 Å². The van der Waals surface area contributed by atoms with Gasteiger partial charge in [-0.2, -0.15) is 0 Å². The van der Waals surface area contributed by atoms with Crippen molar-refractivity contribution in [2.24, 2.45) is 0 Å². The maximum absolute atomic E-state index is 13.2. The number of carbonyl (C=O) groups is 2. The van der Waals surface area contributed by atoms with E-state index in [2.05, 4.69) is 5.32 Å². The molecule has 166 valence electrons. The van der Waals surface area contributed by atoms with Crippen LogP contribution in [0.25, 0.3) is 0 Å². The molecule has 7 heteroatoms. The van der Waals surface area contributed by atoms with E-state index in [1.165, 1.54) is 0 Å². The molecule has 2 amide bonds. The van der Waals surface area contributed by atoms with Gasteiger partial charge in [-0.25, -0.2) is 0 Å². The third kappa shape index (κ3) is 6.14. The van der Waals surface area contributed by atoms with Gasteiger partial charge in [0.05, 0.1) is 0 Å². The lowest BCUT2D eigenvalue weighted by molar-refractivity contribution is -0.140. The van der Waals surface area contributed by atoms with Crippen molar-refractivity contribution in [2.75, 3.05) is 6.79 Å². The SMILES string of the molecule is CC[C@H](C)NC(=O)[C@@H](C)N(Cc1cccc(Cl)c1)C(=O)CCc1ccc2c(c1)OCO2. The van der Waals surface area contributed by atoms with E-state index in [1.54, 1.807) is 17.9 Å². The zero-order chi connectivity index (χ0) is 22.4. The molecule has 0 saturated carbocycles. The monoisotopic (exact) mass is 444 g/mol. The van der Waals surface area contributed by atoms with Crippen molar-refractivity contribution in [1.82, 2.24) is 10.2 Å². The minimum Gasteiger partial charge on any atom is -0.454 e. The number of carbonyl (C=O) groups excluding carboxylic acids is 2. The van der Waals surface area contributed by atoms with Gasteiger partial charge < -0.3 is 19.7 Å². The van der Waals surface area contributed by atoms with Crippen LogP contribution in [0, 0.1) is 0 Å². The van der Waals surface area contributed by atoms with E-state index < -0.39 is 6.04 Å². The molecule has 1 N–H and O–H groups in total. The van der Waals surface area contributed by atoms with Crippen LogP contribution in [0.5, 0.6) is 11.5 Å². The second-order valence-corrected chi connectivity index (χ2v) is 8.27. The lowest BCUT2D eigenvalue weighted by Gasteiger charge is -2.30. The Balaban J connectivity index is 1.72. The predicted molar refractivity (Wildman–Crippen MR) is 120 cm³/mol. The van der Waals surface area contributed by atoms with E-state index in [0.29, 0.717) is 29.5 Å². The van der Waals surface area contributed by atoms with Gasteiger partial charge in [-0.15, -0.1) is 0 Å². The second kappa shape index (κ2) is 10.5. The highest BCUT2D eigenvalue weighted by Gasteiger charge is 2.26. The molecule has 0 saturated heterocycles. The molecular weight excluding hydrogens is 416 g/mol. The van der Waals surface area contributed by atoms with Crippen LogP contribution >= 0.6 is 11.6 Å². The molecule has 0 radical (unpaired) electrons. The van der Waals surface area contributed by atoms with Gasteiger partial charge >= 0.3 is 0 Å². The topological polar surface area (TPSA) is 67.9 Å². The van der Waals surface area contributed by atoms with Gasteiger partial charge in [0.15, 0.2) is 11.5 Å². The summed E-state index contributed by atoms with van der Waals surface area (Å²) in [6.45, 7) is 6.26. The van der Waals surface area contributed by atoms with Crippen LogP contribution < -0.4 is 14.8 Å². The van der Waals surface area contributed by atoms with Crippen molar-refractivity contribution in [3.8, 4) is 11.5 Å². The van der Waals surface area contributed by atoms with Gasteiger partial charge in [0, 0.05) is 24.0 Å². The van der Waals surface area contributed by atoms with Gasteiger partial charge in [-0.05, 0) is 62.1 Å². The molecule has 2 atom stereocenters. The number of ether oxygens (including phenoxy) is 2. The number of benzene rings is 2. The minimum absolute atomic E-state index is 0.0479. The summed E-state index contributed by atoms with van der Waals surface area (Å²) >= 11 is 6.12. The number of halogens is 1. The minimum atomic E-state index is -0.600. The third-order valence-corrected chi connectivity index (χ3v) is 5.71. The maximum Gasteiger partial charge on any atom is 0.242 e. The van der Waals surface area contributed by atoms with E-state index in [9.17, 15) is 9.59 Å². The quantitative estimate of drug-likeness (QED) is 0.625. The Morgan fingerprint density at radius 2 is 1.87 bits per heavy atom. The van der Waals surface area contributed by atoms with Crippen LogP contribution in [0.15, 0.2) is 42.5 Å². The number of nitrogens with zero attached hydrogens (tertiary/aromatic N) is 1. The highest BCUT2D eigenvalue weighted by molar-refractivity contribution is 6.30. The Bertz CT molecular complexity index is 934. The summed E-state index contributed by atoms with van der Waals surface area (Å²) in [4.78, 5) is 27.6. The molecule has 0 fully saturated rings. The van der Waals surface area contributed by atoms with Crippen molar-refractivity contribution < 1.29 is 19.1 Å². The summed E-state index contributed by atoms with van der Waals surface area (Å²) in [7, 11) is 0. The van der Waals surface area contributed by atoms with Crippen molar-refractivity contribution in [1.29, 1.82) is 0 Å². The first-order chi connectivity index (χ1) is 14.9. The number of hydrogen-bond acceptors (Lipinski definition) is 4. The summed E-state index contributed by atoms with van der Waals surface area (Å²) in [5.41, 5.74) is 1.86.